The lowest BCUT2D eigenvalue weighted by atomic mass is 10.0. The van der Waals surface area contributed by atoms with Crippen molar-refractivity contribution in [3.05, 3.63) is 28.2 Å². The third-order valence-electron chi connectivity index (χ3n) is 2.61. The zero-order valence-corrected chi connectivity index (χ0v) is 10.3. The van der Waals surface area contributed by atoms with Crippen LogP contribution >= 0.6 is 15.9 Å². The molecule has 2 rings (SSSR count). The maximum Gasteiger partial charge on any atom is 0.123 e. The molecule has 0 amide bonds. The van der Waals surface area contributed by atoms with Crippen LogP contribution in [0, 0.1) is 0 Å². The van der Waals surface area contributed by atoms with Crippen LogP contribution in [-0.2, 0) is 0 Å². The average Bonchev–Trinajstić information content (AvgIpc) is 2.30. The fourth-order valence-corrected chi connectivity index (χ4v) is 2.23. The summed E-state index contributed by atoms with van der Waals surface area (Å²) in [5, 5.41) is 6.84. The maximum atomic E-state index is 5.36. The van der Waals surface area contributed by atoms with Crippen LogP contribution in [0.2, 0.25) is 0 Å². The summed E-state index contributed by atoms with van der Waals surface area (Å²) in [5.74, 6) is 0.944. The van der Waals surface area contributed by atoms with Gasteiger partial charge in [0.15, 0.2) is 0 Å². The normalized spacial score (nSPS) is 21.3. The zero-order valence-electron chi connectivity index (χ0n) is 8.72. The highest BCUT2D eigenvalue weighted by Gasteiger charge is 2.18. The van der Waals surface area contributed by atoms with E-state index in [-0.39, 0.29) is 0 Å². The first-order valence-corrected chi connectivity index (χ1v) is 5.88. The van der Waals surface area contributed by atoms with Gasteiger partial charge in [-0.15, -0.1) is 0 Å². The second-order valence-electron chi connectivity index (χ2n) is 3.60. The Hall–Kier alpha value is -0.580. The summed E-state index contributed by atoms with van der Waals surface area (Å²) in [7, 11) is 1.71. The lowest BCUT2D eigenvalue weighted by molar-refractivity contribution is 0.381. The van der Waals surface area contributed by atoms with Gasteiger partial charge in [-0.3, -0.25) is 0 Å². The number of rotatable bonds is 2. The van der Waals surface area contributed by atoms with E-state index in [4.69, 9.17) is 4.74 Å². The van der Waals surface area contributed by atoms with Crippen molar-refractivity contribution in [2.75, 3.05) is 26.7 Å². The topological polar surface area (TPSA) is 33.3 Å². The zero-order chi connectivity index (χ0) is 10.7. The monoisotopic (exact) mass is 270 g/mol. The Bertz CT molecular complexity index is 337. The van der Waals surface area contributed by atoms with Crippen LogP contribution < -0.4 is 15.4 Å². The Morgan fingerprint density at radius 3 is 2.93 bits per heavy atom. The van der Waals surface area contributed by atoms with Gasteiger partial charge < -0.3 is 15.4 Å². The summed E-state index contributed by atoms with van der Waals surface area (Å²) in [5.41, 5.74) is 1.21. The molecule has 1 fully saturated rings. The van der Waals surface area contributed by atoms with E-state index >= 15 is 0 Å². The van der Waals surface area contributed by atoms with E-state index in [2.05, 4.69) is 32.6 Å². The van der Waals surface area contributed by atoms with Crippen LogP contribution in [0.1, 0.15) is 11.6 Å². The number of piperazine rings is 1. The summed E-state index contributed by atoms with van der Waals surface area (Å²) < 4.78 is 6.45. The van der Waals surface area contributed by atoms with Crippen molar-refractivity contribution < 1.29 is 4.74 Å². The molecule has 1 aliphatic rings. The largest absolute Gasteiger partial charge is 0.496 e. The van der Waals surface area contributed by atoms with E-state index in [1.54, 1.807) is 7.11 Å². The van der Waals surface area contributed by atoms with Crippen LogP contribution in [0.15, 0.2) is 22.7 Å². The van der Waals surface area contributed by atoms with Crippen LogP contribution in [0.3, 0.4) is 0 Å². The van der Waals surface area contributed by atoms with Crippen LogP contribution in [-0.4, -0.2) is 26.7 Å². The predicted molar refractivity (Wildman–Crippen MR) is 64.3 cm³/mol. The Labute approximate surface area is 98.3 Å². The number of ether oxygens (including phenoxy) is 1. The SMILES string of the molecule is COc1ccc(Br)cc1[C@H]1CNCCN1. The van der Waals surface area contributed by atoms with Crippen molar-refractivity contribution in [1.29, 1.82) is 0 Å². The fraction of sp³-hybridized carbons (Fsp3) is 0.455. The molecule has 2 N–H and O–H groups in total. The van der Waals surface area contributed by atoms with E-state index in [9.17, 15) is 0 Å². The number of hydrogen-bond acceptors (Lipinski definition) is 3. The molecule has 0 radical (unpaired) electrons. The van der Waals surface area contributed by atoms with E-state index in [0.29, 0.717) is 6.04 Å². The van der Waals surface area contributed by atoms with Crippen LogP contribution in [0.5, 0.6) is 5.75 Å². The number of benzene rings is 1. The molecule has 0 saturated carbocycles. The highest BCUT2D eigenvalue weighted by molar-refractivity contribution is 9.10. The molecule has 1 aliphatic heterocycles. The maximum absolute atomic E-state index is 5.36. The average molecular weight is 271 g/mol. The summed E-state index contributed by atoms with van der Waals surface area (Å²) in [4.78, 5) is 0. The molecule has 0 unspecified atom stereocenters. The predicted octanol–water partition coefficient (Wildman–Crippen LogP) is 1.69. The van der Waals surface area contributed by atoms with E-state index in [0.717, 1.165) is 29.9 Å². The van der Waals surface area contributed by atoms with Gasteiger partial charge in [-0.2, -0.15) is 0 Å². The first-order chi connectivity index (χ1) is 7.31. The minimum atomic E-state index is 0.339. The van der Waals surface area contributed by atoms with E-state index in [1.165, 1.54) is 5.56 Å². The van der Waals surface area contributed by atoms with Crippen molar-refractivity contribution in [2.24, 2.45) is 0 Å². The standard InChI is InChI=1S/C11H15BrN2O/c1-15-11-3-2-8(12)6-9(11)10-7-13-4-5-14-10/h2-3,6,10,13-14H,4-5,7H2,1H3/t10-/m1/s1. The van der Waals surface area contributed by atoms with Crippen molar-refractivity contribution in [3.63, 3.8) is 0 Å². The Kier molecular flexibility index (Phi) is 3.61. The van der Waals surface area contributed by atoms with Gasteiger partial charge >= 0.3 is 0 Å². The minimum absolute atomic E-state index is 0.339. The quantitative estimate of drug-likeness (QED) is 0.858. The third-order valence-corrected chi connectivity index (χ3v) is 3.10. The van der Waals surface area contributed by atoms with Gasteiger partial charge in [-0.25, -0.2) is 0 Å². The van der Waals surface area contributed by atoms with Gasteiger partial charge in [-0.05, 0) is 18.2 Å². The molecule has 1 atom stereocenters. The molecule has 82 valence electrons. The van der Waals surface area contributed by atoms with Crippen molar-refractivity contribution in [3.8, 4) is 5.75 Å². The fourth-order valence-electron chi connectivity index (χ4n) is 1.85. The smallest absolute Gasteiger partial charge is 0.123 e. The minimum Gasteiger partial charge on any atom is -0.496 e. The number of hydrogen-bond donors (Lipinski definition) is 2. The van der Waals surface area contributed by atoms with Gasteiger partial charge in [0.1, 0.15) is 5.75 Å². The van der Waals surface area contributed by atoms with Gasteiger partial charge in [0.2, 0.25) is 0 Å². The number of nitrogens with one attached hydrogen (secondary N) is 2. The molecular weight excluding hydrogens is 256 g/mol. The van der Waals surface area contributed by atoms with Gasteiger partial charge in [-0.1, -0.05) is 15.9 Å². The highest BCUT2D eigenvalue weighted by atomic mass is 79.9. The third kappa shape index (κ3) is 2.51. The summed E-state index contributed by atoms with van der Waals surface area (Å²) >= 11 is 3.49. The Morgan fingerprint density at radius 2 is 2.27 bits per heavy atom. The van der Waals surface area contributed by atoms with Crippen molar-refractivity contribution >= 4 is 15.9 Å². The first kappa shape index (κ1) is 10.9. The molecule has 3 nitrogen and oxygen atoms in total. The van der Waals surface area contributed by atoms with Gasteiger partial charge in [0.25, 0.3) is 0 Å². The summed E-state index contributed by atoms with van der Waals surface area (Å²) in [6.45, 7) is 2.99. The molecule has 0 aliphatic carbocycles. The summed E-state index contributed by atoms with van der Waals surface area (Å²) in [6, 6.07) is 6.45. The Balaban J connectivity index is 2.27. The first-order valence-electron chi connectivity index (χ1n) is 5.09. The molecule has 15 heavy (non-hydrogen) atoms. The van der Waals surface area contributed by atoms with Crippen molar-refractivity contribution in [1.82, 2.24) is 10.6 Å². The molecule has 1 aromatic rings. The lowest BCUT2D eigenvalue weighted by Crippen LogP contribution is -2.42. The molecule has 1 aromatic carbocycles. The van der Waals surface area contributed by atoms with E-state index in [1.807, 2.05) is 12.1 Å². The Morgan fingerprint density at radius 1 is 1.40 bits per heavy atom. The molecule has 1 saturated heterocycles. The van der Waals surface area contributed by atoms with Crippen LogP contribution in [0.25, 0.3) is 0 Å². The molecule has 0 bridgehead atoms. The highest BCUT2D eigenvalue weighted by Crippen LogP contribution is 2.28. The molecular formula is C11H15BrN2O. The lowest BCUT2D eigenvalue weighted by Gasteiger charge is -2.26. The van der Waals surface area contributed by atoms with E-state index < -0.39 is 0 Å². The second-order valence-corrected chi connectivity index (χ2v) is 4.51. The van der Waals surface area contributed by atoms with Gasteiger partial charge in [0.05, 0.1) is 7.11 Å². The second kappa shape index (κ2) is 4.96. The molecule has 0 aromatic heterocycles. The number of methoxy groups -OCH3 is 1. The molecule has 0 spiro atoms. The molecule has 1 heterocycles. The summed E-state index contributed by atoms with van der Waals surface area (Å²) in [6.07, 6.45) is 0. The van der Waals surface area contributed by atoms with Gasteiger partial charge in [0, 0.05) is 35.7 Å². The molecule has 4 heteroatoms. The van der Waals surface area contributed by atoms with Crippen LogP contribution in [0.4, 0.5) is 0 Å². The van der Waals surface area contributed by atoms with Crippen molar-refractivity contribution in [2.45, 2.75) is 6.04 Å². The number of halogens is 1.